The van der Waals surface area contributed by atoms with E-state index in [0.29, 0.717) is 5.75 Å². The Morgan fingerprint density at radius 2 is 1.67 bits per heavy atom. The highest BCUT2D eigenvalue weighted by Crippen LogP contribution is 2.33. The monoisotopic (exact) mass is 384 g/mol. The number of rotatable bonds is 2. The number of benzene rings is 2. The lowest BCUT2D eigenvalue weighted by atomic mass is 10.1. The van der Waals surface area contributed by atoms with E-state index in [4.69, 9.17) is 17.7 Å². The summed E-state index contributed by atoms with van der Waals surface area (Å²) in [5.74, 6) is 1.15. The Balaban J connectivity index is 0.000000307. The first-order chi connectivity index (χ1) is 10.9. The predicted molar refractivity (Wildman–Crippen MR) is 85.4 cm³/mol. The Bertz CT molecular complexity index is 817. The number of methoxy groups -OCH3 is 1. The number of halogens is 3. The number of fused-ring (bicyclic) bond motifs is 1. The summed E-state index contributed by atoms with van der Waals surface area (Å²) in [5, 5.41) is 11.7. The van der Waals surface area contributed by atoms with Crippen LogP contribution in [0.1, 0.15) is 0 Å². The van der Waals surface area contributed by atoms with Gasteiger partial charge in [-0.3, -0.25) is 0 Å². The Hall–Kier alpha value is -1.65. The smallest absolute Gasteiger partial charge is 0.485 e. The second-order valence-corrected chi connectivity index (χ2v) is 8.16. The summed E-state index contributed by atoms with van der Waals surface area (Å²) < 4.78 is 64.2. The maximum Gasteiger partial charge on any atom is 0.485 e. The lowest BCUT2D eigenvalue weighted by Crippen LogP contribution is -2.21. The molecule has 0 radical (unpaired) electrons. The average Bonchev–Trinajstić information content (AvgIpc) is 2.44. The number of aromatic hydroxyl groups is 1. The van der Waals surface area contributed by atoms with Crippen molar-refractivity contribution in [1.29, 1.82) is 0 Å². The van der Waals surface area contributed by atoms with E-state index in [-0.39, 0.29) is 10.9 Å². The van der Waals surface area contributed by atoms with Crippen LogP contribution < -0.4 is 4.74 Å². The standard InChI is InChI=1S/C13H14O2S.CHF3O3S/c1-15-12-6-7-13(16(2)3)11-8-9(14)4-5-10(11)12;2-1(3,4)8(5,6)7/h4-8H,1-3H3;(H,5,6,7). The van der Waals surface area contributed by atoms with Gasteiger partial charge in [0.05, 0.1) is 7.11 Å². The van der Waals surface area contributed by atoms with E-state index in [1.165, 1.54) is 4.90 Å². The number of hydrogen-bond acceptors (Lipinski definition) is 5. The summed E-state index contributed by atoms with van der Waals surface area (Å²) in [7, 11) is -4.26. The van der Waals surface area contributed by atoms with Crippen molar-refractivity contribution in [3.05, 3.63) is 30.3 Å². The maximum absolute atomic E-state index is 10.7. The first-order valence-corrected chi connectivity index (χ1v) is 9.73. The van der Waals surface area contributed by atoms with Crippen LogP contribution in [-0.2, 0) is 21.0 Å². The van der Waals surface area contributed by atoms with Crippen molar-refractivity contribution in [2.24, 2.45) is 0 Å². The van der Waals surface area contributed by atoms with Crippen LogP contribution in [0.25, 0.3) is 10.8 Å². The molecule has 134 valence electrons. The lowest BCUT2D eigenvalue weighted by molar-refractivity contribution is -0.0517. The molecular formula is C14H15F3O5S2. The van der Waals surface area contributed by atoms with Gasteiger partial charge in [0.15, 0.2) is 15.0 Å². The highest BCUT2D eigenvalue weighted by molar-refractivity contribution is 7.95. The summed E-state index contributed by atoms with van der Waals surface area (Å²) in [6.45, 7) is 0. The lowest BCUT2D eigenvalue weighted by Gasteiger charge is -2.08. The third-order valence-electron chi connectivity index (χ3n) is 2.86. The molecule has 0 fully saturated rings. The fourth-order valence-electron chi connectivity index (χ4n) is 1.82. The van der Waals surface area contributed by atoms with E-state index in [2.05, 4.69) is 18.6 Å². The van der Waals surface area contributed by atoms with Crippen LogP contribution in [0.2, 0.25) is 0 Å². The van der Waals surface area contributed by atoms with E-state index in [1.807, 2.05) is 12.1 Å². The fourth-order valence-corrected chi connectivity index (χ4v) is 2.76. The molecule has 0 spiro atoms. The van der Waals surface area contributed by atoms with E-state index in [9.17, 15) is 18.3 Å². The molecule has 0 aliphatic rings. The Kier molecular flexibility index (Phi) is 6.37. The molecule has 2 aromatic carbocycles. The van der Waals surface area contributed by atoms with Gasteiger partial charge in [0.1, 0.15) is 24.0 Å². The second-order valence-electron chi connectivity index (χ2n) is 4.71. The zero-order chi connectivity index (χ0) is 18.7. The topological polar surface area (TPSA) is 86.7 Å². The minimum atomic E-state index is -6.09. The van der Waals surface area contributed by atoms with Gasteiger partial charge in [0.25, 0.3) is 0 Å². The molecule has 0 aliphatic carbocycles. The van der Waals surface area contributed by atoms with E-state index >= 15 is 0 Å². The van der Waals surface area contributed by atoms with Crippen molar-refractivity contribution in [3.8, 4) is 11.5 Å². The number of alkyl halides is 3. The number of phenols is 1. The summed E-state index contributed by atoms with van der Waals surface area (Å²) in [4.78, 5) is 1.26. The largest absolute Gasteiger partial charge is 0.741 e. The summed E-state index contributed by atoms with van der Waals surface area (Å²) >= 11 is 0. The van der Waals surface area contributed by atoms with Crippen LogP contribution >= 0.6 is 0 Å². The number of phenolic OH excluding ortho intramolecular Hbond substituents is 1. The van der Waals surface area contributed by atoms with E-state index in [0.717, 1.165) is 16.5 Å². The van der Waals surface area contributed by atoms with Crippen LogP contribution in [0.15, 0.2) is 35.2 Å². The van der Waals surface area contributed by atoms with Gasteiger partial charge in [-0.15, -0.1) is 0 Å². The van der Waals surface area contributed by atoms with Crippen molar-refractivity contribution in [2.75, 3.05) is 19.6 Å². The van der Waals surface area contributed by atoms with Crippen LogP contribution in [0.3, 0.4) is 0 Å². The van der Waals surface area contributed by atoms with Gasteiger partial charge in [-0.25, -0.2) is 8.42 Å². The molecule has 0 amide bonds. The molecule has 0 aromatic heterocycles. The van der Waals surface area contributed by atoms with Crippen LogP contribution in [0.4, 0.5) is 13.2 Å². The second kappa shape index (κ2) is 7.49. The van der Waals surface area contributed by atoms with E-state index < -0.39 is 15.6 Å². The van der Waals surface area contributed by atoms with Crippen molar-refractivity contribution < 1.29 is 36.0 Å². The molecule has 0 bridgehead atoms. The van der Waals surface area contributed by atoms with Crippen molar-refractivity contribution in [1.82, 2.24) is 0 Å². The van der Waals surface area contributed by atoms with Gasteiger partial charge in [0, 0.05) is 21.7 Å². The van der Waals surface area contributed by atoms with E-state index in [1.54, 1.807) is 19.2 Å². The molecule has 2 aromatic rings. The van der Waals surface area contributed by atoms with Crippen molar-refractivity contribution in [3.63, 3.8) is 0 Å². The fraction of sp³-hybridized carbons (Fsp3) is 0.286. The molecule has 24 heavy (non-hydrogen) atoms. The number of ether oxygens (including phenoxy) is 1. The van der Waals surface area contributed by atoms with Gasteiger partial charge in [0.2, 0.25) is 0 Å². The molecule has 0 heterocycles. The third kappa shape index (κ3) is 4.92. The minimum absolute atomic E-state index is 0.161. The molecular weight excluding hydrogens is 369 g/mol. The van der Waals surface area contributed by atoms with Gasteiger partial charge < -0.3 is 14.4 Å². The first kappa shape index (κ1) is 20.4. The Morgan fingerprint density at radius 3 is 2.08 bits per heavy atom. The normalized spacial score (nSPS) is 12.0. The minimum Gasteiger partial charge on any atom is -0.741 e. The summed E-state index contributed by atoms with van der Waals surface area (Å²) in [5.41, 5.74) is -5.65. The molecule has 0 aliphatic heterocycles. The molecule has 0 saturated carbocycles. The van der Waals surface area contributed by atoms with Gasteiger partial charge in [-0.1, -0.05) is 0 Å². The zero-order valence-corrected chi connectivity index (χ0v) is 14.6. The highest BCUT2D eigenvalue weighted by atomic mass is 32.2. The van der Waals surface area contributed by atoms with Crippen LogP contribution in [0, 0.1) is 0 Å². The van der Waals surface area contributed by atoms with Crippen LogP contribution in [-0.4, -0.2) is 43.2 Å². The quantitative estimate of drug-likeness (QED) is 0.489. The number of hydrogen-bond donors (Lipinski definition) is 1. The third-order valence-corrected chi connectivity index (χ3v) is 4.67. The molecule has 10 heteroatoms. The Morgan fingerprint density at radius 1 is 1.12 bits per heavy atom. The van der Waals surface area contributed by atoms with Gasteiger partial charge in [-0.2, -0.15) is 13.2 Å². The predicted octanol–water partition coefficient (Wildman–Crippen LogP) is 2.84. The van der Waals surface area contributed by atoms with Crippen molar-refractivity contribution in [2.45, 2.75) is 10.4 Å². The Labute approximate surface area is 140 Å². The van der Waals surface area contributed by atoms with Gasteiger partial charge >= 0.3 is 5.51 Å². The SMILES string of the molecule is COc1ccc([S+](C)C)c2cc(O)ccc12.O=S(=O)([O-])C(F)(F)F. The summed E-state index contributed by atoms with van der Waals surface area (Å²) in [6, 6.07) is 9.46. The molecule has 0 saturated heterocycles. The average molecular weight is 384 g/mol. The maximum atomic E-state index is 10.7. The summed E-state index contributed by atoms with van der Waals surface area (Å²) in [6.07, 6.45) is 4.34. The highest BCUT2D eigenvalue weighted by Gasteiger charge is 2.36. The molecule has 1 N–H and O–H groups in total. The van der Waals surface area contributed by atoms with Crippen molar-refractivity contribution >= 4 is 31.8 Å². The zero-order valence-electron chi connectivity index (χ0n) is 12.9. The molecule has 2 rings (SSSR count). The molecule has 5 nitrogen and oxygen atoms in total. The van der Waals surface area contributed by atoms with Gasteiger partial charge in [-0.05, 0) is 30.3 Å². The van der Waals surface area contributed by atoms with Crippen LogP contribution in [0.5, 0.6) is 11.5 Å². The molecule has 0 atom stereocenters. The first-order valence-electron chi connectivity index (χ1n) is 6.28. The molecule has 0 unspecified atom stereocenters.